The molecule has 2 aliphatic rings. The van der Waals surface area contributed by atoms with Gasteiger partial charge in [0, 0.05) is 45.0 Å². The second-order valence-electron chi connectivity index (χ2n) is 14.8. The minimum atomic E-state index is 0.476. The first-order valence-electron chi connectivity index (χ1n) is 18.6. The Kier molecular flexibility index (Phi) is 10.1. The fourth-order valence-electron chi connectivity index (χ4n) is 8.83. The first kappa shape index (κ1) is 35.4. The maximum absolute atomic E-state index is 6.17. The molecule has 2 aliphatic carbocycles. The monoisotopic (exact) mass is 699 g/mol. The Morgan fingerprint density at radius 2 is 1.08 bits per heavy atom. The zero-order chi connectivity index (χ0) is 36.5. The van der Waals surface area contributed by atoms with Crippen LogP contribution in [0.2, 0.25) is 0 Å². The van der Waals surface area contributed by atoms with Crippen LogP contribution in [0.5, 0.6) is 23.0 Å². The van der Waals surface area contributed by atoms with Crippen LogP contribution in [0.15, 0.2) is 60.7 Å². The molecular formula is C45H53N3O4. The van der Waals surface area contributed by atoms with E-state index in [0.29, 0.717) is 29.0 Å². The average molecular weight is 700 g/mol. The predicted octanol–water partition coefficient (Wildman–Crippen LogP) is 10.2. The Hall–Kier alpha value is -5.04. The minimum absolute atomic E-state index is 0.476. The Bertz CT molecular complexity index is 2070. The topological polar surface area (TPSA) is 94.5 Å². The molecule has 2 aromatic heterocycles. The number of fused-ring (bicyclic) bond motifs is 6. The lowest BCUT2D eigenvalue weighted by Gasteiger charge is -2.23. The molecule has 2 atom stereocenters. The van der Waals surface area contributed by atoms with Gasteiger partial charge in [-0.15, -0.1) is 0 Å². The van der Waals surface area contributed by atoms with Gasteiger partial charge in [-0.05, 0) is 142 Å². The van der Waals surface area contributed by atoms with Gasteiger partial charge in [0.15, 0.2) is 23.0 Å². The number of benzene rings is 4. The van der Waals surface area contributed by atoms with Crippen LogP contribution in [0.25, 0.3) is 21.8 Å². The SMILES string of the molecule is COc1cc(CC2CCCc3c2[nH]c2ccc(C)cc32)cc(C)c1OC.COc1cc(CC2CCCc3c2[nH]c2ccc(C)cc32)cc(N)c1OC. The van der Waals surface area contributed by atoms with Gasteiger partial charge in [0.1, 0.15) is 0 Å². The van der Waals surface area contributed by atoms with Gasteiger partial charge < -0.3 is 34.6 Å². The highest BCUT2D eigenvalue weighted by Crippen LogP contribution is 2.42. The van der Waals surface area contributed by atoms with E-state index in [2.05, 4.69) is 85.3 Å². The highest BCUT2D eigenvalue weighted by Gasteiger charge is 2.27. The summed E-state index contributed by atoms with van der Waals surface area (Å²) in [5.74, 6) is 3.98. The number of aromatic nitrogens is 2. The van der Waals surface area contributed by atoms with Crippen molar-refractivity contribution in [2.75, 3.05) is 34.2 Å². The zero-order valence-electron chi connectivity index (χ0n) is 31.8. The molecule has 0 spiro atoms. The van der Waals surface area contributed by atoms with E-state index in [9.17, 15) is 0 Å². The van der Waals surface area contributed by atoms with Gasteiger partial charge >= 0.3 is 0 Å². The van der Waals surface area contributed by atoms with Crippen LogP contribution >= 0.6 is 0 Å². The summed E-state index contributed by atoms with van der Waals surface area (Å²) in [6.07, 6.45) is 9.21. The van der Waals surface area contributed by atoms with E-state index in [0.717, 1.165) is 36.3 Å². The number of nitrogens with one attached hydrogen (secondary N) is 2. The first-order valence-corrected chi connectivity index (χ1v) is 18.6. The molecule has 0 fully saturated rings. The normalized spacial score (nSPS) is 16.5. The van der Waals surface area contributed by atoms with Gasteiger partial charge in [-0.25, -0.2) is 0 Å². The summed E-state index contributed by atoms with van der Waals surface area (Å²) >= 11 is 0. The summed E-state index contributed by atoms with van der Waals surface area (Å²) < 4.78 is 21.9. The van der Waals surface area contributed by atoms with Crippen molar-refractivity contribution in [2.24, 2.45) is 0 Å². The van der Waals surface area contributed by atoms with Gasteiger partial charge in [0.25, 0.3) is 0 Å². The summed E-state index contributed by atoms with van der Waals surface area (Å²) in [6, 6.07) is 21.9. The largest absolute Gasteiger partial charge is 0.493 e. The van der Waals surface area contributed by atoms with Gasteiger partial charge in [0.2, 0.25) is 0 Å². The second-order valence-corrected chi connectivity index (χ2v) is 14.8. The van der Waals surface area contributed by atoms with Crippen molar-refractivity contribution < 1.29 is 18.9 Å². The molecule has 7 nitrogen and oxygen atoms in total. The lowest BCUT2D eigenvalue weighted by molar-refractivity contribution is 0.352. The number of hydrogen-bond donors (Lipinski definition) is 3. The molecule has 0 saturated carbocycles. The molecule has 0 aliphatic heterocycles. The molecule has 4 N–H and O–H groups in total. The molecule has 8 rings (SSSR count). The molecule has 0 radical (unpaired) electrons. The summed E-state index contributed by atoms with van der Waals surface area (Å²) in [4.78, 5) is 7.42. The molecule has 6 aromatic rings. The van der Waals surface area contributed by atoms with Crippen LogP contribution in [-0.2, 0) is 25.7 Å². The van der Waals surface area contributed by atoms with E-state index in [1.165, 1.54) is 98.7 Å². The molecule has 0 saturated heterocycles. The Morgan fingerprint density at radius 3 is 1.56 bits per heavy atom. The maximum atomic E-state index is 6.17. The van der Waals surface area contributed by atoms with E-state index >= 15 is 0 Å². The van der Waals surface area contributed by atoms with Crippen LogP contribution in [-0.4, -0.2) is 38.4 Å². The van der Waals surface area contributed by atoms with E-state index < -0.39 is 0 Å². The first-order chi connectivity index (χ1) is 25.2. The Labute approximate surface area is 307 Å². The number of aromatic amines is 2. The summed E-state index contributed by atoms with van der Waals surface area (Å²) in [5.41, 5.74) is 21.4. The van der Waals surface area contributed by atoms with Gasteiger partial charge in [-0.2, -0.15) is 0 Å². The Balaban J connectivity index is 0.000000162. The lowest BCUT2D eigenvalue weighted by Crippen LogP contribution is -2.12. The highest BCUT2D eigenvalue weighted by molar-refractivity contribution is 5.86. The van der Waals surface area contributed by atoms with E-state index in [4.69, 9.17) is 24.7 Å². The molecular weight excluding hydrogens is 647 g/mol. The third kappa shape index (κ3) is 6.81. The van der Waals surface area contributed by atoms with E-state index in [1.807, 2.05) is 6.07 Å². The van der Waals surface area contributed by atoms with E-state index in [-0.39, 0.29) is 0 Å². The molecule has 0 bridgehead atoms. The fraction of sp³-hybridized carbons (Fsp3) is 0.378. The summed E-state index contributed by atoms with van der Waals surface area (Å²) in [7, 11) is 6.68. The van der Waals surface area contributed by atoms with Crippen LogP contribution in [0, 0.1) is 20.8 Å². The fourth-order valence-corrected chi connectivity index (χ4v) is 8.83. The van der Waals surface area contributed by atoms with Crippen molar-refractivity contribution >= 4 is 27.5 Å². The van der Waals surface area contributed by atoms with Crippen LogP contribution in [0.3, 0.4) is 0 Å². The highest BCUT2D eigenvalue weighted by atomic mass is 16.5. The number of nitrogens with two attached hydrogens (primary N) is 1. The molecule has 0 amide bonds. The maximum Gasteiger partial charge on any atom is 0.183 e. The second kappa shape index (κ2) is 14.9. The standard InChI is InChI=1S/C23H27NO2.C22H26N2O2/c1-14-8-9-20-19(10-14)18-7-5-6-17(22(18)24-20)12-16-11-15(2)23(26-4)21(13-16)25-3;1-13-7-8-19-17(9-13)16-6-4-5-15(21(16)24-19)10-14-11-18(23)22(26-3)20(12-14)25-2/h8-11,13,17,24H,5-7,12H2,1-4H3;7-9,11-12,15,24H,4-6,10,23H2,1-3H3. The molecule has 2 heterocycles. The number of rotatable bonds is 8. The number of aryl methyl sites for hydroxylation is 5. The predicted molar refractivity (Wildman–Crippen MR) is 213 cm³/mol. The van der Waals surface area contributed by atoms with Crippen LogP contribution in [0.4, 0.5) is 5.69 Å². The number of methoxy groups -OCH3 is 4. The van der Waals surface area contributed by atoms with Crippen molar-refractivity contribution in [3.05, 3.63) is 111 Å². The molecule has 7 heteroatoms. The van der Waals surface area contributed by atoms with Crippen molar-refractivity contribution in [3.63, 3.8) is 0 Å². The molecule has 2 unspecified atom stereocenters. The number of anilines is 1. The van der Waals surface area contributed by atoms with Crippen molar-refractivity contribution in [3.8, 4) is 23.0 Å². The van der Waals surface area contributed by atoms with Gasteiger partial charge in [-0.1, -0.05) is 29.3 Å². The number of H-pyrrole nitrogens is 2. The van der Waals surface area contributed by atoms with Crippen LogP contribution in [0.1, 0.15) is 87.9 Å². The zero-order valence-corrected chi connectivity index (χ0v) is 31.8. The molecule has 272 valence electrons. The molecule has 52 heavy (non-hydrogen) atoms. The van der Waals surface area contributed by atoms with Crippen molar-refractivity contribution in [1.82, 2.24) is 9.97 Å². The average Bonchev–Trinajstić information content (AvgIpc) is 3.70. The third-order valence-electron chi connectivity index (χ3n) is 11.2. The minimum Gasteiger partial charge on any atom is -0.493 e. The van der Waals surface area contributed by atoms with E-state index in [1.54, 1.807) is 28.4 Å². The number of ether oxygens (including phenoxy) is 4. The number of nitrogen functional groups attached to an aromatic ring is 1. The van der Waals surface area contributed by atoms with Gasteiger partial charge in [0.05, 0.1) is 34.1 Å². The van der Waals surface area contributed by atoms with Crippen molar-refractivity contribution in [2.45, 2.75) is 84.0 Å². The third-order valence-corrected chi connectivity index (χ3v) is 11.2. The Morgan fingerprint density at radius 1 is 0.596 bits per heavy atom. The quantitative estimate of drug-likeness (QED) is 0.138. The molecule has 4 aromatic carbocycles. The summed E-state index contributed by atoms with van der Waals surface area (Å²) in [5, 5.41) is 2.80. The van der Waals surface area contributed by atoms with Crippen molar-refractivity contribution in [1.29, 1.82) is 0 Å². The number of hydrogen-bond acceptors (Lipinski definition) is 5. The lowest BCUT2D eigenvalue weighted by atomic mass is 9.82. The van der Waals surface area contributed by atoms with Crippen LogP contribution < -0.4 is 24.7 Å². The smallest absolute Gasteiger partial charge is 0.183 e. The van der Waals surface area contributed by atoms with Gasteiger partial charge in [-0.3, -0.25) is 0 Å². The summed E-state index contributed by atoms with van der Waals surface area (Å²) in [6.45, 7) is 6.42.